The Hall–Kier alpha value is -2.32. The van der Waals surface area contributed by atoms with E-state index in [9.17, 15) is 0 Å². The Bertz CT molecular complexity index is 1020. The molecule has 3 aromatic carbocycles. The summed E-state index contributed by atoms with van der Waals surface area (Å²) in [7, 11) is 0. The topological polar surface area (TPSA) is 3.24 Å². The van der Waals surface area contributed by atoms with Crippen molar-refractivity contribution in [2.75, 3.05) is 4.90 Å². The fourth-order valence-corrected chi connectivity index (χ4v) is 4.53. The van der Waals surface area contributed by atoms with E-state index in [1.165, 1.54) is 37.1 Å². The lowest BCUT2D eigenvalue weighted by Crippen LogP contribution is -2.27. The molecule has 0 aliphatic heterocycles. The molecular weight excluding hydrogens is 322 g/mol. The lowest BCUT2D eigenvalue weighted by molar-refractivity contribution is 0.688. The predicted molar refractivity (Wildman–Crippen MR) is 112 cm³/mol. The van der Waals surface area contributed by atoms with Crippen LogP contribution in [0.15, 0.2) is 66.7 Å². The van der Waals surface area contributed by atoms with Crippen LogP contribution in [0.2, 0.25) is 0 Å². The van der Waals surface area contributed by atoms with Gasteiger partial charge in [0.1, 0.15) is 0 Å². The Balaban J connectivity index is 1.91. The Kier molecular flexibility index (Phi) is 4.22. The SMILES string of the molecule is CCC(C)N(c1ccccc1)c1ccc2sc3ccc(C)cc3c2c1. The van der Waals surface area contributed by atoms with E-state index in [2.05, 4.69) is 92.4 Å². The minimum atomic E-state index is 0.450. The van der Waals surface area contributed by atoms with Crippen molar-refractivity contribution in [1.82, 2.24) is 0 Å². The van der Waals surface area contributed by atoms with Crippen LogP contribution in [0.4, 0.5) is 11.4 Å². The molecule has 0 bridgehead atoms. The molecule has 0 saturated heterocycles. The number of fused-ring (bicyclic) bond motifs is 3. The first-order chi connectivity index (χ1) is 12.2. The highest BCUT2D eigenvalue weighted by Gasteiger charge is 2.16. The van der Waals surface area contributed by atoms with Gasteiger partial charge in [-0.25, -0.2) is 0 Å². The minimum absolute atomic E-state index is 0.450. The fraction of sp³-hybridized carbons (Fsp3) is 0.217. The van der Waals surface area contributed by atoms with Crippen LogP contribution in [-0.2, 0) is 0 Å². The maximum Gasteiger partial charge on any atom is 0.0420 e. The van der Waals surface area contributed by atoms with Gasteiger partial charge in [0.2, 0.25) is 0 Å². The first kappa shape index (κ1) is 16.2. The lowest BCUT2D eigenvalue weighted by Gasteiger charge is -2.31. The predicted octanol–water partition coefficient (Wildman–Crippen LogP) is 7.30. The van der Waals surface area contributed by atoms with Crippen LogP contribution in [-0.4, -0.2) is 6.04 Å². The smallest absolute Gasteiger partial charge is 0.0420 e. The van der Waals surface area contributed by atoms with Gasteiger partial charge in [-0.1, -0.05) is 36.8 Å². The van der Waals surface area contributed by atoms with Crippen LogP contribution in [0.25, 0.3) is 20.2 Å². The van der Waals surface area contributed by atoms with Crippen LogP contribution >= 0.6 is 11.3 Å². The van der Waals surface area contributed by atoms with Crippen molar-refractivity contribution in [3.05, 3.63) is 72.3 Å². The van der Waals surface area contributed by atoms with E-state index < -0.39 is 0 Å². The van der Waals surface area contributed by atoms with E-state index in [0.717, 1.165) is 6.42 Å². The monoisotopic (exact) mass is 345 g/mol. The van der Waals surface area contributed by atoms with E-state index in [0.29, 0.717) is 6.04 Å². The van der Waals surface area contributed by atoms with Crippen molar-refractivity contribution in [3.8, 4) is 0 Å². The second-order valence-corrected chi connectivity index (χ2v) is 7.83. The van der Waals surface area contributed by atoms with Gasteiger partial charge in [0.05, 0.1) is 0 Å². The van der Waals surface area contributed by atoms with Gasteiger partial charge in [0.15, 0.2) is 0 Å². The molecule has 4 rings (SSSR count). The van der Waals surface area contributed by atoms with Gasteiger partial charge in [0, 0.05) is 37.6 Å². The van der Waals surface area contributed by atoms with Crippen LogP contribution in [0.3, 0.4) is 0 Å². The summed E-state index contributed by atoms with van der Waals surface area (Å²) < 4.78 is 2.73. The summed E-state index contributed by atoms with van der Waals surface area (Å²) in [4.78, 5) is 2.46. The van der Waals surface area contributed by atoms with Crippen molar-refractivity contribution in [2.45, 2.75) is 33.2 Å². The summed E-state index contributed by atoms with van der Waals surface area (Å²) in [6, 6.07) is 24.8. The van der Waals surface area contributed by atoms with Crippen LogP contribution in [0, 0.1) is 6.92 Å². The summed E-state index contributed by atoms with van der Waals surface area (Å²) in [6.07, 6.45) is 1.11. The van der Waals surface area contributed by atoms with Gasteiger partial charge >= 0.3 is 0 Å². The maximum atomic E-state index is 2.46. The number of rotatable bonds is 4. The molecule has 0 aliphatic carbocycles. The molecule has 1 unspecified atom stereocenters. The molecule has 25 heavy (non-hydrogen) atoms. The highest BCUT2D eigenvalue weighted by atomic mass is 32.1. The molecule has 1 atom stereocenters. The molecule has 0 spiro atoms. The third-order valence-corrected chi connectivity index (χ3v) is 6.10. The van der Waals surface area contributed by atoms with Crippen molar-refractivity contribution in [1.29, 1.82) is 0 Å². The summed E-state index contributed by atoms with van der Waals surface area (Å²) >= 11 is 1.88. The summed E-state index contributed by atoms with van der Waals surface area (Å²) in [6.45, 7) is 6.72. The zero-order valence-electron chi connectivity index (χ0n) is 15.0. The highest BCUT2D eigenvalue weighted by Crippen LogP contribution is 2.38. The molecule has 0 saturated carbocycles. The highest BCUT2D eigenvalue weighted by molar-refractivity contribution is 7.25. The second kappa shape index (κ2) is 6.53. The van der Waals surface area contributed by atoms with Crippen molar-refractivity contribution in [3.63, 3.8) is 0 Å². The number of para-hydroxylation sites is 1. The number of hydrogen-bond donors (Lipinski definition) is 0. The molecule has 0 fully saturated rings. The van der Waals surface area contributed by atoms with E-state index in [-0.39, 0.29) is 0 Å². The Morgan fingerprint density at radius 2 is 1.52 bits per heavy atom. The fourth-order valence-electron chi connectivity index (χ4n) is 3.46. The molecule has 1 aromatic heterocycles. The number of aryl methyl sites for hydroxylation is 1. The molecule has 2 heteroatoms. The van der Waals surface area contributed by atoms with Crippen LogP contribution in [0.1, 0.15) is 25.8 Å². The standard InChI is InChI=1S/C23H23NS/c1-4-17(3)24(18-8-6-5-7-9-18)19-11-13-23-21(15-19)20-14-16(2)10-12-22(20)25-23/h5-15,17H,4H2,1-3H3. The summed E-state index contributed by atoms with van der Waals surface area (Å²) in [5.74, 6) is 0. The van der Waals surface area contributed by atoms with Gasteiger partial charge in [-0.2, -0.15) is 0 Å². The normalized spacial score (nSPS) is 12.6. The zero-order chi connectivity index (χ0) is 17.4. The van der Waals surface area contributed by atoms with E-state index in [1.807, 2.05) is 11.3 Å². The maximum absolute atomic E-state index is 2.46. The van der Waals surface area contributed by atoms with Crippen LogP contribution in [0.5, 0.6) is 0 Å². The largest absolute Gasteiger partial charge is 0.339 e. The average molecular weight is 346 g/mol. The third kappa shape index (κ3) is 2.91. The lowest BCUT2D eigenvalue weighted by atomic mass is 10.1. The molecule has 1 heterocycles. The molecule has 0 N–H and O–H groups in total. The van der Waals surface area contributed by atoms with E-state index >= 15 is 0 Å². The number of thiophene rings is 1. The minimum Gasteiger partial charge on any atom is -0.339 e. The third-order valence-electron chi connectivity index (χ3n) is 4.95. The zero-order valence-corrected chi connectivity index (χ0v) is 15.8. The number of hydrogen-bond acceptors (Lipinski definition) is 2. The van der Waals surface area contributed by atoms with Crippen molar-refractivity contribution >= 4 is 42.9 Å². The molecule has 0 radical (unpaired) electrons. The second-order valence-electron chi connectivity index (χ2n) is 6.74. The van der Waals surface area contributed by atoms with Crippen molar-refractivity contribution < 1.29 is 0 Å². The number of benzene rings is 3. The average Bonchev–Trinajstić information content (AvgIpc) is 3.00. The van der Waals surface area contributed by atoms with Gasteiger partial charge in [-0.05, 0) is 62.7 Å². The van der Waals surface area contributed by atoms with Crippen molar-refractivity contribution in [2.24, 2.45) is 0 Å². The van der Waals surface area contributed by atoms with E-state index in [4.69, 9.17) is 0 Å². The Labute approximate surface area is 153 Å². The molecule has 1 nitrogen and oxygen atoms in total. The van der Waals surface area contributed by atoms with Gasteiger partial charge in [-0.3, -0.25) is 0 Å². The van der Waals surface area contributed by atoms with E-state index in [1.54, 1.807) is 0 Å². The molecule has 0 amide bonds. The Morgan fingerprint density at radius 1 is 0.840 bits per heavy atom. The van der Waals surface area contributed by atoms with Gasteiger partial charge in [0.25, 0.3) is 0 Å². The first-order valence-corrected chi connectivity index (χ1v) is 9.76. The molecule has 126 valence electrons. The number of nitrogens with zero attached hydrogens (tertiary/aromatic N) is 1. The Morgan fingerprint density at radius 3 is 2.24 bits per heavy atom. The quantitative estimate of drug-likeness (QED) is 0.375. The molecule has 4 aromatic rings. The summed E-state index contributed by atoms with van der Waals surface area (Å²) in [5.41, 5.74) is 3.85. The molecular formula is C23H23NS. The van der Waals surface area contributed by atoms with Crippen LogP contribution < -0.4 is 4.90 Å². The summed E-state index contributed by atoms with van der Waals surface area (Å²) in [5, 5.41) is 2.74. The van der Waals surface area contributed by atoms with Gasteiger partial charge < -0.3 is 4.90 Å². The first-order valence-electron chi connectivity index (χ1n) is 8.94. The molecule has 0 aliphatic rings. The number of anilines is 2. The van der Waals surface area contributed by atoms with Gasteiger partial charge in [-0.15, -0.1) is 11.3 Å².